The van der Waals surface area contributed by atoms with Crippen LogP contribution in [0.5, 0.6) is 0 Å². The van der Waals surface area contributed by atoms with E-state index in [2.05, 4.69) is 20.1 Å². The quantitative estimate of drug-likeness (QED) is 0.845. The van der Waals surface area contributed by atoms with Gasteiger partial charge in [-0.3, -0.25) is 9.78 Å². The standard InChI is InChI=1S/C16H19N5O3/c1-9-7-18-12(8-17-9)16(22)21-5-6-23-10(2)13(21)15-19-14(20-24-15)11-3-4-11/h7-8,10-11,13H,3-6H2,1-2H3/t10-,13+/m1/s1. The Hall–Kier alpha value is -2.35. The molecule has 2 aliphatic rings. The maximum Gasteiger partial charge on any atom is 0.274 e. The van der Waals surface area contributed by atoms with E-state index in [1.54, 1.807) is 11.1 Å². The van der Waals surface area contributed by atoms with E-state index in [9.17, 15) is 4.79 Å². The lowest BCUT2D eigenvalue weighted by atomic mass is 10.1. The molecule has 2 fully saturated rings. The third-order valence-electron chi connectivity index (χ3n) is 4.41. The summed E-state index contributed by atoms with van der Waals surface area (Å²) in [6.45, 7) is 4.65. The molecular formula is C16H19N5O3. The van der Waals surface area contributed by atoms with Gasteiger partial charge in [0.25, 0.3) is 11.8 Å². The molecule has 0 N–H and O–H groups in total. The number of rotatable bonds is 3. The second-order valence-electron chi connectivity index (χ2n) is 6.33. The zero-order chi connectivity index (χ0) is 16.7. The SMILES string of the molecule is Cc1cnc(C(=O)N2CCO[C@H](C)[C@H]2c2nc(C3CC3)no2)cn1. The first-order valence-electron chi connectivity index (χ1n) is 8.18. The Kier molecular flexibility index (Phi) is 3.76. The maximum absolute atomic E-state index is 12.9. The van der Waals surface area contributed by atoms with Crippen molar-refractivity contribution in [2.45, 2.75) is 44.8 Å². The van der Waals surface area contributed by atoms with Crippen molar-refractivity contribution in [2.24, 2.45) is 0 Å². The number of carbonyl (C=O) groups is 1. The second-order valence-corrected chi connectivity index (χ2v) is 6.33. The Morgan fingerprint density at radius 2 is 2.12 bits per heavy atom. The highest BCUT2D eigenvalue weighted by atomic mass is 16.5. The van der Waals surface area contributed by atoms with E-state index >= 15 is 0 Å². The van der Waals surface area contributed by atoms with E-state index in [1.807, 2.05) is 13.8 Å². The number of aromatic nitrogens is 4. The molecule has 126 valence electrons. The highest BCUT2D eigenvalue weighted by Gasteiger charge is 2.40. The smallest absolute Gasteiger partial charge is 0.274 e. The Bertz CT molecular complexity index is 740. The molecule has 3 heterocycles. The highest BCUT2D eigenvalue weighted by Crippen LogP contribution is 2.39. The largest absolute Gasteiger partial charge is 0.374 e. The Morgan fingerprint density at radius 3 is 2.83 bits per heavy atom. The van der Waals surface area contributed by atoms with Crippen molar-refractivity contribution in [1.29, 1.82) is 0 Å². The summed E-state index contributed by atoms with van der Waals surface area (Å²) >= 11 is 0. The van der Waals surface area contributed by atoms with Crippen molar-refractivity contribution in [3.05, 3.63) is 35.5 Å². The molecule has 4 rings (SSSR count). The van der Waals surface area contributed by atoms with Gasteiger partial charge < -0.3 is 14.2 Å². The van der Waals surface area contributed by atoms with Gasteiger partial charge in [0.1, 0.15) is 11.7 Å². The Labute approximate surface area is 139 Å². The van der Waals surface area contributed by atoms with Gasteiger partial charge in [0, 0.05) is 18.7 Å². The number of amides is 1. The van der Waals surface area contributed by atoms with E-state index in [0.717, 1.165) is 24.4 Å². The summed E-state index contributed by atoms with van der Waals surface area (Å²) in [4.78, 5) is 27.4. The predicted molar refractivity (Wildman–Crippen MR) is 82.2 cm³/mol. The summed E-state index contributed by atoms with van der Waals surface area (Å²) in [6, 6.07) is -0.408. The monoisotopic (exact) mass is 329 g/mol. The molecule has 0 unspecified atom stereocenters. The normalized spacial score (nSPS) is 24.2. The van der Waals surface area contributed by atoms with Crippen molar-refractivity contribution in [2.75, 3.05) is 13.2 Å². The summed E-state index contributed by atoms with van der Waals surface area (Å²) in [5.74, 6) is 1.35. The zero-order valence-electron chi connectivity index (χ0n) is 13.7. The molecule has 0 radical (unpaired) electrons. The molecule has 1 saturated heterocycles. The highest BCUT2D eigenvalue weighted by molar-refractivity contribution is 5.92. The summed E-state index contributed by atoms with van der Waals surface area (Å²) in [5.41, 5.74) is 1.08. The molecule has 0 spiro atoms. The fraction of sp³-hybridized carbons (Fsp3) is 0.562. The first-order chi connectivity index (χ1) is 11.6. The van der Waals surface area contributed by atoms with Crippen molar-refractivity contribution in [3.63, 3.8) is 0 Å². The fourth-order valence-electron chi connectivity index (χ4n) is 2.91. The molecule has 0 aromatic carbocycles. The number of nitrogens with zero attached hydrogens (tertiary/aromatic N) is 5. The van der Waals surface area contributed by atoms with Crippen molar-refractivity contribution < 1.29 is 14.1 Å². The molecule has 1 aliphatic heterocycles. The molecule has 0 bridgehead atoms. The molecule has 24 heavy (non-hydrogen) atoms. The van der Waals surface area contributed by atoms with E-state index in [4.69, 9.17) is 9.26 Å². The van der Waals surface area contributed by atoms with Gasteiger partial charge in [0.05, 0.1) is 24.6 Å². The van der Waals surface area contributed by atoms with E-state index < -0.39 is 6.04 Å². The summed E-state index contributed by atoms with van der Waals surface area (Å²) in [6.07, 6.45) is 5.05. The predicted octanol–water partition coefficient (Wildman–Crippen LogP) is 1.65. The lowest BCUT2D eigenvalue weighted by Gasteiger charge is -2.37. The summed E-state index contributed by atoms with van der Waals surface area (Å²) in [7, 11) is 0. The van der Waals surface area contributed by atoms with Crippen LogP contribution in [0.2, 0.25) is 0 Å². The van der Waals surface area contributed by atoms with Crippen LogP contribution in [0, 0.1) is 6.92 Å². The number of morpholine rings is 1. The zero-order valence-corrected chi connectivity index (χ0v) is 13.7. The van der Waals surface area contributed by atoms with Gasteiger partial charge in [-0.1, -0.05) is 5.16 Å². The van der Waals surface area contributed by atoms with Crippen LogP contribution in [0.25, 0.3) is 0 Å². The molecule has 2 atom stereocenters. The maximum atomic E-state index is 12.9. The van der Waals surface area contributed by atoms with E-state index in [1.165, 1.54) is 6.20 Å². The third-order valence-corrected chi connectivity index (χ3v) is 4.41. The molecule has 8 heteroatoms. The molecule has 8 nitrogen and oxygen atoms in total. The van der Waals surface area contributed by atoms with Gasteiger partial charge in [-0.25, -0.2) is 4.98 Å². The van der Waals surface area contributed by atoms with Crippen LogP contribution in [0.15, 0.2) is 16.9 Å². The van der Waals surface area contributed by atoms with Crippen LogP contribution in [-0.4, -0.2) is 50.2 Å². The summed E-state index contributed by atoms with van der Waals surface area (Å²) < 4.78 is 11.1. The van der Waals surface area contributed by atoms with Gasteiger partial charge in [-0.05, 0) is 26.7 Å². The van der Waals surface area contributed by atoms with E-state index in [-0.39, 0.29) is 12.0 Å². The topological polar surface area (TPSA) is 94.2 Å². The average molecular weight is 329 g/mol. The van der Waals surface area contributed by atoms with Crippen molar-refractivity contribution >= 4 is 5.91 Å². The van der Waals surface area contributed by atoms with E-state index in [0.29, 0.717) is 30.7 Å². The lowest BCUT2D eigenvalue weighted by Crippen LogP contribution is -2.47. The minimum Gasteiger partial charge on any atom is -0.374 e. The van der Waals surface area contributed by atoms with Crippen molar-refractivity contribution in [3.8, 4) is 0 Å². The van der Waals surface area contributed by atoms with Crippen LogP contribution in [0.1, 0.15) is 59.6 Å². The van der Waals surface area contributed by atoms with Crippen LogP contribution < -0.4 is 0 Å². The minimum absolute atomic E-state index is 0.200. The number of ether oxygens (including phenoxy) is 1. The molecule has 2 aromatic rings. The van der Waals surface area contributed by atoms with Gasteiger partial charge in [0.2, 0.25) is 0 Å². The van der Waals surface area contributed by atoms with Gasteiger partial charge in [-0.2, -0.15) is 4.98 Å². The van der Waals surface area contributed by atoms with Gasteiger partial charge in [0.15, 0.2) is 5.82 Å². The van der Waals surface area contributed by atoms with Gasteiger partial charge >= 0.3 is 0 Å². The number of hydrogen-bond acceptors (Lipinski definition) is 7. The fourth-order valence-corrected chi connectivity index (χ4v) is 2.91. The Morgan fingerprint density at radius 1 is 1.29 bits per heavy atom. The molecule has 2 aromatic heterocycles. The first kappa shape index (κ1) is 15.2. The lowest BCUT2D eigenvalue weighted by molar-refractivity contribution is -0.0602. The first-order valence-corrected chi connectivity index (χ1v) is 8.18. The second kappa shape index (κ2) is 5.94. The molecule has 1 aliphatic carbocycles. The van der Waals surface area contributed by atoms with Crippen LogP contribution in [-0.2, 0) is 4.74 Å². The number of hydrogen-bond donors (Lipinski definition) is 0. The Balaban J connectivity index is 1.63. The van der Waals surface area contributed by atoms with Crippen molar-refractivity contribution in [1.82, 2.24) is 25.0 Å². The molecule has 1 saturated carbocycles. The number of aryl methyl sites for hydroxylation is 1. The van der Waals surface area contributed by atoms with Crippen LogP contribution >= 0.6 is 0 Å². The summed E-state index contributed by atoms with van der Waals surface area (Å²) in [5, 5.41) is 4.06. The number of carbonyl (C=O) groups excluding carboxylic acids is 1. The van der Waals surface area contributed by atoms with Crippen LogP contribution in [0.4, 0.5) is 0 Å². The minimum atomic E-state index is -0.408. The van der Waals surface area contributed by atoms with Gasteiger partial charge in [-0.15, -0.1) is 0 Å². The van der Waals surface area contributed by atoms with Crippen LogP contribution in [0.3, 0.4) is 0 Å². The molecular weight excluding hydrogens is 310 g/mol. The molecule has 1 amide bonds. The third kappa shape index (κ3) is 2.77. The average Bonchev–Trinajstić information content (AvgIpc) is 3.33.